The van der Waals surface area contributed by atoms with Gasteiger partial charge in [-0.3, -0.25) is 0 Å². The number of nitrogens with zero attached hydrogens (tertiary/aromatic N) is 3. The largest absolute Gasteiger partial charge is 0.388 e. The molecule has 0 atom stereocenters. The van der Waals surface area contributed by atoms with Gasteiger partial charge < -0.3 is 5.73 Å². The van der Waals surface area contributed by atoms with Gasteiger partial charge in [0.25, 0.3) is 0 Å². The zero-order valence-electron chi connectivity index (χ0n) is 6.65. The van der Waals surface area contributed by atoms with Crippen LogP contribution in [0.2, 0.25) is 0 Å². The van der Waals surface area contributed by atoms with Crippen LogP contribution in [0, 0.1) is 22.7 Å². The molecule has 0 aliphatic carbocycles. The first kappa shape index (κ1) is 9.93. The van der Waals surface area contributed by atoms with E-state index in [4.69, 9.17) is 16.3 Å². The second-order valence-corrected chi connectivity index (χ2v) is 1.79. The van der Waals surface area contributed by atoms with E-state index in [1.807, 2.05) is 6.92 Å². The van der Waals surface area contributed by atoms with E-state index in [9.17, 15) is 0 Å². The van der Waals surface area contributed by atoms with Crippen LogP contribution in [0.3, 0.4) is 0 Å². The smallest absolute Gasteiger partial charge is 0.174 e. The summed E-state index contributed by atoms with van der Waals surface area (Å²) in [5, 5.41) is 16.8. The molecule has 2 N–H and O–H groups in total. The second kappa shape index (κ2) is 5.70. The molecule has 0 amide bonds. The molecule has 0 saturated heterocycles. The standard InChI is InChI=1S/C8H8N4/c1-2-3-4-12-8(6-10)7(11)5-9/h2-4H,11H2,1H3. The lowest BCUT2D eigenvalue weighted by Crippen LogP contribution is -1.97. The average Bonchev–Trinajstić information content (AvgIpc) is 2.11. The number of hydrogen-bond acceptors (Lipinski definition) is 4. The lowest BCUT2D eigenvalue weighted by atomic mass is 10.4. The Balaban J connectivity index is 4.65. The Kier molecular flexibility index (Phi) is 4.71. The number of allylic oxidation sites excluding steroid dienone is 4. The highest BCUT2D eigenvalue weighted by atomic mass is 14.8. The molecular formula is C8H8N4. The van der Waals surface area contributed by atoms with Gasteiger partial charge in [0.2, 0.25) is 0 Å². The van der Waals surface area contributed by atoms with Gasteiger partial charge in [-0.1, -0.05) is 6.08 Å². The summed E-state index contributed by atoms with van der Waals surface area (Å²) in [5.74, 6) is 0. The molecule has 60 valence electrons. The van der Waals surface area contributed by atoms with Crippen molar-refractivity contribution in [1.82, 2.24) is 0 Å². The maximum Gasteiger partial charge on any atom is 0.174 e. The SMILES string of the molecule is CC=CC=NC(C#N)=C(N)C#N. The Morgan fingerprint density at radius 3 is 2.50 bits per heavy atom. The van der Waals surface area contributed by atoms with Gasteiger partial charge in [-0.15, -0.1) is 0 Å². The summed E-state index contributed by atoms with van der Waals surface area (Å²) in [6.45, 7) is 1.81. The maximum absolute atomic E-state index is 8.45. The van der Waals surface area contributed by atoms with E-state index in [0.29, 0.717) is 0 Å². The van der Waals surface area contributed by atoms with Crippen LogP contribution in [0.25, 0.3) is 0 Å². The number of hydrogen-bond donors (Lipinski definition) is 1. The summed E-state index contributed by atoms with van der Waals surface area (Å²) < 4.78 is 0. The van der Waals surface area contributed by atoms with Crippen molar-refractivity contribution in [2.24, 2.45) is 10.7 Å². The van der Waals surface area contributed by atoms with Crippen LogP contribution < -0.4 is 5.73 Å². The van der Waals surface area contributed by atoms with Gasteiger partial charge in [-0.2, -0.15) is 10.5 Å². The zero-order valence-corrected chi connectivity index (χ0v) is 6.65. The Morgan fingerprint density at radius 1 is 1.42 bits per heavy atom. The van der Waals surface area contributed by atoms with Crippen molar-refractivity contribution in [2.75, 3.05) is 0 Å². The Bertz CT molecular complexity index is 309. The van der Waals surface area contributed by atoms with Gasteiger partial charge in [-0.25, -0.2) is 4.99 Å². The van der Waals surface area contributed by atoms with Crippen molar-refractivity contribution in [3.05, 3.63) is 23.5 Å². The summed E-state index contributed by atoms with van der Waals surface area (Å²) >= 11 is 0. The first-order valence-corrected chi connectivity index (χ1v) is 3.21. The molecule has 0 saturated carbocycles. The van der Waals surface area contributed by atoms with Gasteiger partial charge >= 0.3 is 0 Å². The molecule has 0 fully saturated rings. The molecule has 0 radical (unpaired) electrons. The molecule has 0 spiro atoms. The lowest BCUT2D eigenvalue weighted by molar-refractivity contribution is 1.27. The number of aliphatic imine (C=N–C) groups is 1. The second-order valence-electron chi connectivity index (χ2n) is 1.79. The normalized spacial score (nSPS) is 12.6. The van der Waals surface area contributed by atoms with Gasteiger partial charge in [0.05, 0.1) is 0 Å². The third-order valence-corrected chi connectivity index (χ3v) is 0.964. The van der Waals surface area contributed by atoms with Crippen LogP contribution in [-0.2, 0) is 0 Å². The first-order chi connectivity index (χ1) is 5.76. The number of nitriles is 2. The molecule has 0 bridgehead atoms. The molecule has 12 heavy (non-hydrogen) atoms. The molecule has 0 unspecified atom stereocenters. The molecule has 0 heterocycles. The molecule has 0 aliphatic heterocycles. The summed E-state index contributed by atoms with van der Waals surface area (Å²) in [7, 11) is 0. The van der Waals surface area contributed by atoms with E-state index >= 15 is 0 Å². The minimum Gasteiger partial charge on any atom is -0.388 e. The highest BCUT2D eigenvalue weighted by Gasteiger charge is 1.96. The Hall–Kier alpha value is -2.07. The minimum atomic E-state index is -0.168. The van der Waals surface area contributed by atoms with Crippen LogP contribution in [0.15, 0.2) is 28.5 Å². The third-order valence-electron chi connectivity index (χ3n) is 0.964. The molecule has 4 nitrogen and oxygen atoms in total. The van der Waals surface area contributed by atoms with Crippen molar-refractivity contribution in [1.29, 1.82) is 10.5 Å². The van der Waals surface area contributed by atoms with Crippen molar-refractivity contribution < 1.29 is 0 Å². The third kappa shape index (κ3) is 3.19. The van der Waals surface area contributed by atoms with Crippen LogP contribution in [-0.4, -0.2) is 6.21 Å². The van der Waals surface area contributed by atoms with E-state index in [0.717, 1.165) is 0 Å². The average molecular weight is 160 g/mol. The summed E-state index contributed by atoms with van der Waals surface area (Å²) in [5.41, 5.74) is 4.94. The predicted molar refractivity (Wildman–Crippen MR) is 45.7 cm³/mol. The maximum atomic E-state index is 8.45. The summed E-state index contributed by atoms with van der Waals surface area (Å²) in [4.78, 5) is 3.66. The van der Waals surface area contributed by atoms with E-state index in [-0.39, 0.29) is 11.4 Å². The fourth-order valence-corrected chi connectivity index (χ4v) is 0.415. The summed E-state index contributed by atoms with van der Waals surface area (Å²) in [6.07, 6.45) is 4.80. The monoisotopic (exact) mass is 160 g/mol. The van der Waals surface area contributed by atoms with E-state index in [1.165, 1.54) is 6.21 Å². The van der Waals surface area contributed by atoms with Crippen molar-refractivity contribution in [3.8, 4) is 12.1 Å². The fraction of sp³-hybridized carbons (Fsp3) is 0.125. The molecule has 0 aromatic heterocycles. The Labute approximate surface area is 70.9 Å². The molecule has 0 aromatic carbocycles. The van der Waals surface area contributed by atoms with Crippen molar-refractivity contribution >= 4 is 6.21 Å². The van der Waals surface area contributed by atoms with Crippen molar-refractivity contribution in [3.63, 3.8) is 0 Å². The zero-order chi connectivity index (χ0) is 9.40. The Morgan fingerprint density at radius 2 is 2.08 bits per heavy atom. The van der Waals surface area contributed by atoms with Crippen LogP contribution >= 0.6 is 0 Å². The lowest BCUT2D eigenvalue weighted by Gasteiger charge is -1.86. The number of rotatable bonds is 2. The summed E-state index contributed by atoms with van der Waals surface area (Å²) in [6, 6.07) is 3.35. The van der Waals surface area contributed by atoms with E-state index in [1.54, 1.807) is 24.3 Å². The van der Waals surface area contributed by atoms with Crippen LogP contribution in [0.1, 0.15) is 6.92 Å². The van der Waals surface area contributed by atoms with Crippen LogP contribution in [0.5, 0.6) is 0 Å². The predicted octanol–water partition coefficient (Wildman–Crippen LogP) is 0.851. The van der Waals surface area contributed by atoms with Gasteiger partial charge in [0.15, 0.2) is 5.70 Å². The minimum absolute atomic E-state index is 0.0596. The van der Waals surface area contributed by atoms with Crippen LogP contribution in [0.4, 0.5) is 0 Å². The highest BCUT2D eigenvalue weighted by molar-refractivity contribution is 5.72. The van der Waals surface area contributed by atoms with Gasteiger partial charge in [0, 0.05) is 6.21 Å². The van der Waals surface area contributed by atoms with Gasteiger partial charge in [-0.05, 0) is 13.0 Å². The van der Waals surface area contributed by atoms with E-state index in [2.05, 4.69) is 4.99 Å². The van der Waals surface area contributed by atoms with E-state index < -0.39 is 0 Å². The highest BCUT2D eigenvalue weighted by Crippen LogP contribution is 1.96. The molecule has 4 heteroatoms. The quantitative estimate of drug-likeness (QED) is 0.480. The van der Waals surface area contributed by atoms with Gasteiger partial charge in [0.1, 0.15) is 17.8 Å². The molecule has 0 rings (SSSR count). The van der Waals surface area contributed by atoms with Crippen molar-refractivity contribution in [2.45, 2.75) is 6.92 Å². The molecule has 0 aromatic rings. The molecule has 0 aliphatic rings. The topological polar surface area (TPSA) is 86.0 Å². The number of nitrogens with two attached hydrogens (primary N) is 1. The first-order valence-electron chi connectivity index (χ1n) is 3.21. The fourth-order valence-electron chi connectivity index (χ4n) is 0.415. The molecular weight excluding hydrogens is 152 g/mol.